The predicted octanol–water partition coefficient (Wildman–Crippen LogP) is 2.10. The fourth-order valence-electron chi connectivity index (χ4n) is 2.30. The van der Waals surface area contributed by atoms with Gasteiger partial charge in [-0.05, 0) is 26.3 Å². The van der Waals surface area contributed by atoms with Crippen LogP contribution in [0.5, 0.6) is 0 Å². The molecule has 1 amide bonds. The minimum absolute atomic E-state index is 0.222. The standard InChI is InChI=1S/C16H19N3O2/c1-10(13-8-6-5-7-9-13)17-16(21)15(20)14-11(2)18-19(4)12(14)3/h5-10H,1-4H3,(H,17,21)/t10-/m1/s1. The molecule has 1 N–H and O–H groups in total. The van der Waals surface area contributed by atoms with Gasteiger partial charge in [-0.1, -0.05) is 30.3 Å². The normalized spacial score (nSPS) is 12.0. The van der Waals surface area contributed by atoms with Gasteiger partial charge in [0.2, 0.25) is 0 Å². The maximum atomic E-state index is 12.3. The first kappa shape index (κ1) is 15.0. The second-order valence-electron chi connectivity index (χ2n) is 5.10. The van der Waals surface area contributed by atoms with E-state index in [2.05, 4.69) is 10.4 Å². The summed E-state index contributed by atoms with van der Waals surface area (Å²) in [6.07, 6.45) is 0. The lowest BCUT2D eigenvalue weighted by atomic mass is 10.1. The van der Waals surface area contributed by atoms with Gasteiger partial charge in [0.15, 0.2) is 0 Å². The molecule has 1 aromatic heterocycles. The van der Waals surface area contributed by atoms with E-state index in [0.29, 0.717) is 17.0 Å². The molecule has 21 heavy (non-hydrogen) atoms. The average Bonchev–Trinajstić information content (AvgIpc) is 2.72. The molecule has 5 heteroatoms. The van der Waals surface area contributed by atoms with Crippen LogP contribution in [0.1, 0.15) is 40.3 Å². The Morgan fingerprint density at radius 3 is 2.33 bits per heavy atom. The third-order valence-electron chi connectivity index (χ3n) is 3.59. The third-order valence-corrected chi connectivity index (χ3v) is 3.59. The monoisotopic (exact) mass is 285 g/mol. The zero-order valence-electron chi connectivity index (χ0n) is 12.7. The number of hydrogen-bond donors (Lipinski definition) is 1. The van der Waals surface area contributed by atoms with Gasteiger partial charge in [-0.15, -0.1) is 0 Å². The Labute approximate surface area is 124 Å². The summed E-state index contributed by atoms with van der Waals surface area (Å²) in [6.45, 7) is 5.36. The first-order valence-electron chi connectivity index (χ1n) is 6.82. The van der Waals surface area contributed by atoms with Crippen molar-refractivity contribution in [3.05, 3.63) is 52.8 Å². The summed E-state index contributed by atoms with van der Waals surface area (Å²) in [5.74, 6) is -1.15. The molecule has 1 atom stereocenters. The largest absolute Gasteiger partial charge is 0.343 e. The lowest BCUT2D eigenvalue weighted by Crippen LogP contribution is -2.33. The van der Waals surface area contributed by atoms with Crippen LogP contribution in [0.15, 0.2) is 30.3 Å². The van der Waals surface area contributed by atoms with Crippen LogP contribution < -0.4 is 5.32 Å². The van der Waals surface area contributed by atoms with Gasteiger partial charge >= 0.3 is 0 Å². The number of aromatic nitrogens is 2. The van der Waals surface area contributed by atoms with E-state index < -0.39 is 11.7 Å². The number of ketones is 1. The number of hydrogen-bond acceptors (Lipinski definition) is 3. The van der Waals surface area contributed by atoms with E-state index in [-0.39, 0.29) is 6.04 Å². The second-order valence-corrected chi connectivity index (χ2v) is 5.10. The van der Waals surface area contributed by atoms with Gasteiger partial charge in [-0.2, -0.15) is 5.10 Å². The highest BCUT2D eigenvalue weighted by Crippen LogP contribution is 2.15. The van der Waals surface area contributed by atoms with Crippen molar-refractivity contribution in [1.29, 1.82) is 0 Å². The summed E-state index contributed by atoms with van der Waals surface area (Å²) in [5, 5.41) is 6.90. The van der Waals surface area contributed by atoms with Crippen LogP contribution in [-0.4, -0.2) is 21.5 Å². The van der Waals surface area contributed by atoms with Gasteiger partial charge in [0.25, 0.3) is 11.7 Å². The van der Waals surface area contributed by atoms with E-state index in [1.165, 1.54) is 0 Å². The lowest BCUT2D eigenvalue weighted by molar-refractivity contribution is -0.117. The molecule has 0 unspecified atom stereocenters. The van der Waals surface area contributed by atoms with Crippen LogP contribution in [-0.2, 0) is 11.8 Å². The average molecular weight is 285 g/mol. The number of aryl methyl sites for hydroxylation is 2. The Morgan fingerprint density at radius 2 is 1.81 bits per heavy atom. The molecule has 1 heterocycles. The van der Waals surface area contributed by atoms with Crippen molar-refractivity contribution < 1.29 is 9.59 Å². The summed E-state index contributed by atoms with van der Waals surface area (Å²) in [7, 11) is 1.75. The van der Waals surface area contributed by atoms with Gasteiger partial charge in [0.05, 0.1) is 17.3 Å². The zero-order valence-corrected chi connectivity index (χ0v) is 12.7. The lowest BCUT2D eigenvalue weighted by Gasteiger charge is -2.13. The predicted molar refractivity (Wildman–Crippen MR) is 80.0 cm³/mol. The van der Waals surface area contributed by atoms with Crippen molar-refractivity contribution in [3.8, 4) is 0 Å². The van der Waals surface area contributed by atoms with Crippen LogP contribution in [0.25, 0.3) is 0 Å². The molecule has 0 saturated carbocycles. The molecule has 0 fully saturated rings. The highest BCUT2D eigenvalue weighted by Gasteiger charge is 2.24. The fourth-order valence-corrected chi connectivity index (χ4v) is 2.30. The van der Waals surface area contributed by atoms with Crippen molar-refractivity contribution in [3.63, 3.8) is 0 Å². The Kier molecular flexibility index (Phi) is 4.21. The van der Waals surface area contributed by atoms with E-state index in [1.54, 1.807) is 25.6 Å². The van der Waals surface area contributed by atoms with Crippen molar-refractivity contribution in [1.82, 2.24) is 15.1 Å². The maximum Gasteiger partial charge on any atom is 0.293 e. The maximum absolute atomic E-state index is 12.3. The number of carbonyl (C=O) groups excluding carboxylic acids is 2. The Morgan fingerprint density at radius 1 is 1.19 bits per heavy atom. The van der Waals surface area contributed by atoms with Gasteiger partial charge < -0.3 is 5.32 Å². The second kappa shape index (κ2) is 5.91. The van der Waals surface area contributed by atoms with Gasteiger partial charge in [0.1, 0.15) is 0 Å². The molecule has 0 aliphatic carbocycles. The van der Waals surface area contributed by atoms with E-state index in [1.807, 2.05) is 37.3 Å². The molecule has 0 saturated heterocycles. The molecule has 2 rings (SSSR count). The Balaban J connectivity index is 2.15. The highest BCUT2D eigenvalue weighted by atomic mass is 16.2. The smallest absolute Gasteiger partial charge is 0.293 e. The summed E-state index contributed by atoms with van der Waals surface area (Å²) in [6, 6.07) is 9.31. The van der Waals surface area contributed by atoms with E-state index in [0.717, 1.165) is 5.56 Å². The van der Waals surface area contributed by atoms with Crippen LogP contribution in [0.2, 0.25) is 0 Å². The summed E-state index contributed by atoms with van der Waals surface area (Å²) in [4.78, 5) is 24.4. The molecule has 0 aliphatic heterocycles. The molecule has 0 bridgehead atoms. The summed E-state index contributed by atoms with van der Waals surface area (Å²) < 4.78 is 1.61. The molecular formula is C16H19N3O2. The number of nitrogens with one attached hydrogen (secondary N) is 1. The van der Waals surface area contributed by atoms with Crippen molar-refractivity contribution in [2.24, 2.45) is 7.05 Å². The molecule has 0 radical (unpaired) electrons. The quantitative estimate of drug-likeness (QED) is 0.691. The van der Waals surface area contributed by atoms with Crippen molar-refractivity contribution in [2.75, 3.05) is 0 Å². The van der Waals surface area contributed by atoms with Gasteiger partial charge in [-0.3, -0.25) is 14.3 Å². The van der Waals surface area contributed by atoms with Crippen LogP contribution >= 0.6 is 0 Å². The number of Topliss-reactive ketones (excluding diaryl/α,β-unsaturated/α-hetero) is 1. The number of carbonyl (C=O) groups is 2. The number of rotatable bonds is 4. The fraction of sp³-hybridized carbons (Fsp3) is 0.312. The van der Waals surface area contributed by atoms with Gasteiger partial charge in [-0.25, -0.2) is 0 Å². The first-order chi connectivity index (χ1) is 9.91. The zero-order chi connectivity index (χ0) is 15.6. The number of nitrogens with zero attached hydrogens (tertiary/aromatic N) is 2. The number of amides is 1. The van der Waals surface area contributed by atoms with Crippen molar-refractivity contribution >= 4 is 11.7 Å². The highest BCUT2D eigenvalue weighted by molar-refractivity contribution is 6.43. The summed E-state index contributed by atoms with van der Waals surface area (Å²) >= 11 is 0. The minimum Gasteiger partial charge on any atom is -0.343 e. The molecule has 2 aromatic rings. The summed E-state index contributed by atoms with van der Waals surface area (Å²) in [5.41, 5.74) is 2.61. The first-order valence-corrected chi connectivity index (χ1v) is 6.82. The molecule has 0 spiro atoms. The van der Waals surface area contributed by atoms with Crippen LogP contribution in [0.3, 0.4) is 0 Å². The van der Waals surface area contributed by atoms with Crippen LogP contribution in [0.4, 0.5) is 0 Å². The minimum atomic E-state index is -0.606. The molecule has 1 aromatic carbocycles. The topological polar surface area (TPSA) is 64.0 Å². The Bertz CT molecular complexity index is 674. The third kappa shape index (κ3) is 3.02. The molecule has 0 aliphatic rings. The molecule has 5 nitrogen and oxygen atoms in total. The molecular weight excluding hydrogens is 266 g/mol. The Hall–Kier alpha value is -2.43. The number of benzene rings is 1. The molecule has 110 valence electrons. The van der Waals surface area contributed by atoms with E-state index in [4.69, 9.17) is 0 Å². The van der Waals surface area contributed by atoms with Crippen LogP contribution in [0, 0.1) is 13.8 Å². The van der Waals surface area contributed by atoms with Gasteiger partial charge in [0, 0.05) is 12.7 Å². The van der Waals surface area contributed by atoms with E-state index in [9.17, 15) is 9.59 Å². The van der Waals surface area contributed by atoms with Crippen molar-refractivity contribution in [2.45, 2.75) is 26.8 Å². The van der Waals surface area contributed by atoms with E-state index >= 15 is 0 Å². The SMILES string of the molecule is Cc1nn(C)c(C)c1C(=O)C(=O)N[C@H](C)c1ccccc1.